The summed E-state index contributed by atoms with van der Waals surface area (Å²) in [6.07, 6.45) is 1.67. The summed E-state index contributed by atoms with van der Waals surface area (Å²) in [6, 6.07) is 15.1. The summed E-state index contributed by atoms with van der Waals surface area (Å²) in [5.74, 6) is 0.249. The molecule has 2 aromatic carbocycles. The second-order valence-electron chi connectivity index (χ2n) is 3.73. The Labute approximate surface area is 129 Å². The van der Waals surface area contributed by atoms with Gasteiger partial charge in [-0.05, 0) is 36.8 Å². The van der Waals surface area contributed by atoms with E-state index in [9.17, 15) is 5.11 Å². The average Bonchev–Trinajstić information content (AvgIpc) is 2.39. The van der Waals surface area contributed by atoms with Gasteiger partial charge in [0.05, 0.1) is 5.69 Å². The third-order valence-corrected chi connectivity index (χ3v) is 2.29. The number of phenolic OH excluding ortho intramolecular Hbond substituents is 1. The summed E-state index contributed by atoms with van der Waals surface area (Å²) in [5.41, 5.74) is 2.79. The van der Waals surface area contributed by atoms with E-state index >= 15 is 0 Å². The molecule has 0 saturated carbocycles. The zero-order valence-electron chi connectivity index (χ0n) is 10.3. The number of phenols is 1. The molecule has 0 aliphatic carbocycles. The summed E-state index contributed by atoms with van der Waals surface area (Å²) in [7, 11) is 9.78. The van der Waals surface area contributed by atoms with Gasteiger partial charge in [-0.1, -0.05) is 24.3 Å². The van der Waals surface area contributed by atoms with Crippen LogP contribution in [0.4, 0.5) is 5.69 Å². The van der Waals surface area contributed by atoms with E-state index in [2.05, 4.69) is 4.99 Å². The second-order valence-corrected chi connectivity index (χ2v) is 6.31. The molecule has 2 aromatic rings. The van der Waals surface area contributed by atoms with Gasteiger partial charge in [0.1, 0.15) is 5.75 Å². The molecule has 0 aromatic heterocycles. The van der Waals surface area contributed by atoms with E-state index < -0.39 is 17.0 Å². The van der Waals surface area contributed by atoms with Crippen molar-refractivity contribution in [2.24, 2.45) is 4.99 Å². The molecule has 5 heteroatoms. The van der Waals surface area contributed by atoms with Crippen LogP contribution >= 0.6 is 18.6 Å². The second kappa shape index (κ2) is 9.16. The van der Waals surface area contributed by atoms with Crippen molar-refractivity contribution >= 4 is 30.5 Å². The summed E-state index contributed by atoms with van der Waals surface area (Å²) >= 11 is -0.556. The Bertz CT molecular complexity index is 546. The molecule has 0 atom stereocenters. The van der Waals surface area contributed by atoms with Crippen molar-refractivity contribution in [2.75, 3.05) is 0 Å². The molecule has 0 radical (unpaired) electrons. The molecule has 0 aliphatic rings. The first kappa shape index (κ1) is 16.3. The van der Waals surface area contributed by atoms with E-state index in [0.717, 1.165) is 11.3 Å². The number of aromatic hydroxyl groups is 1. The quantitative estimate of drug-likeness (QED) is 0.621. The topological polar surface area (TPSA) is 32.6 Å². The summed E-state index contributed by atoms with van der Waals surface area (Å²) in [6.45, 7) is 2.03. The van der Waals surface area contributed by atoms with Crippen molar-refractivity contribution in [3.05, 3.63) is 59.7 Å². The van der Waals surface area contributed by atoms with Crippen LogP contribution < -0.4 is 0 Å². The van der Waals surface area contributed by atoms with Crippen LogP contribution in [-0.2, 0) is 17.0 Å². The number of aliphatic imine (C=N–C) groups is 1. The standard InChI is InChI=1S/C14H13NO.2ClH.Ti/c1-11-5-4-7-13(9-11)15-10-12-6-2-3-8-14(12)16;;;/h2-10,16H,1H3;2*1H;/q;;;+2/p-2. The maximum absolute atomic E-state index is 9.55. The van der Waals surface area contributed by atoms with Gasteiger partial charge in [-0.2, -0.15) is 0 Å². The predicted octanol–water partition coefficient (Wildman–Crippen LogP) is 4.83. The van der Waals surface area contributed by atoms with E-state index in [0.29, 0.717) is 0 Å². The zero-order valence-corrected chi connectivity index (χ0v) is 13.4. The predicted molar refractivity (Wildman–Crippen MR) is 78.2 cm³/mol. The Kier molecular flexibility index (Phi) is 7.84. The van der Waals surface area contributed by atoms with Gasteiger partial charge in [-0.25, -0.2) is 0 Å². The Balaban J connectivity index is 0.000000550. The molecule has 98 valence electrons. The molecular formula is C14H13Cl2NOTi. The number of hydrogen-bond donors (Lipinski definition) is 1. The first-order valence-corrected chi connectivity index (χ1v) is 9.82. The minimum atomic E-state index is -0.556. The Morgan fingerprint density at radius 3 is 2.42 bits per heavy atom. The molecule has 1 N–H and O–H groups in total. The number of nitrogens with zero attached hydrogens (tertiary/aromatic N) is 1. The van der Waals surface area contributed by atoms with Gasteiger partial charge < -0.3 is 5.11 Å². The molecule has 2 nitrogen and oxygen atoms in total. The number of aryl methyl sites for hydroxylation is 1. The van der Waals surface area contributed by atoms with Gasteiger partial charge in [0.15, 0.2) is 0 Å². The van der Waals surface area contributed by atoms with Gasteiger partial charge in [0, 0.05) is 11.8 Å². The van der Waals surface area contributed by atoms with Crippen LogP contribution in [0.1, 0.15) is 11.1 Å². The SMILES string of the molecule is Cc1cccc(N=Cc2ccccc2O)c1.[Cl][Ti][Cl]. The van der Waals surface area contributed by atoms with Gasteiger partial charge >= 0.3 is 35.6 Å². The van der Waals surface area contributed by atoms with E-state index in [1.807, 2.05) is 43.3 Å². The molecule has 0 amide bonds. The third-order valence-electron chi connectivity index (χ3n) is 2.29. The fourth-order valence-corrected chi connectivity index (χ4v) is 1.45. The number of benzene rings is 2. The third kappa shape index (κ3) is 6.26. The summed E-state index contributed by atoms with van der Waals surface area (Å²) < 4.78 is 0. The molecule has 0 saturated heterocycles. The fraction of sp³-hybridized carbons (Fsp3) is 0.0714. The van der Waals surface area contributed by atoms with Crippen LogP contribution in [0.5, 0.6) is 5.75 Å². The van der Waals surface area contributed by atoms with E-state index in [1.54, 1.807) is 18.3 Å². The Morgan fingerprint density at radius 2 is 1.79 bits per heavy atom. The molecule has 2 rings (SSSR count). The molecule has 0 unspecified atom stereocenters. The average molecular weight is 330 g/mol. The maximum atomic E-state index is 9.55. The molecule has 0 aliphatic heterocycles. The van der Waals surface area contributed by atoms with Crippen molar-refractivity contribution in [2.45, 2.75) is 6.92 Å². The van der Waals surface area contributed by atoms with Gasteiger partial charge in [0.25, 0.3) is 0 Å². The minimum absolute atomic E-state index is 0.249. The van der Waals surface area contributed by atoms with Crippen LogP contribution in [0.15, 0.2) is 53.5 Å². The molecule has 0 heterocycles. The first-order valence-electron chi connectivity index (χ1n) is 5.52. The molecule has 0 spiro atoms. The molecule has 0 bridgehead atoms. The van der Waals surface area contributed by atoms with Crippen LogP contribution in [0.2, 0.25) is 0 Å². The number of hydrogen-bond acceptors (Lipinski definition) is 2. The Morgan fingerprint density at radius 1 is 1.11 bits per heavy atom. The van der Waals surface area contributed by atoms with Crippen LogP contribution in [0, 0.1) is 6.92 Å². The molecular weight excluding hydrogens is 317 g/mol. The number of para-hydroxylation sites is 1. The van der Waals surface area contributed by atoms with E-state index in [-0.39, 0.29) is 5.75 Å². The normalized spacial score (nSPS) is 9.84. The summed E-state index contributed by atoms with van der Waals surface area (Å²) in [4.78, 5) is 4.31. The molecule has 0 fully saturated rings. The van der Waals surface area contributed by atoms with Crippen LogP contribution in [-0.4, -0.2) is 11.3 Å². The van der Waals surface area contributed by atoms with E-state index in [4.69, 9.17) is 18.6 Å². The van der Waals surface area contributed by atoms with Gasteiger partial charge in [-0.15, -0.1) is 0 Å². The zero-order chi connectivity index (χ0) is 14.1. The van der Waals surface area contributed by atoms with Gasteiger partial charge in [0.2, 0.25) is 0 Å². The van der Waals surface area contributed by atoms with Crippen LogP contribution in [0.3, 0.4) is 0 Å². The van der Waals surface area contributed by atoms with E-state index in [1.165, 1.54) is 5.56 Å². The first-order chi connectivity index (χ1) is 9.17. The van der Waals surface area contributed by atoms with Crippen molar-refractivity contribution in [1.29, 1.82) is 0 Å². The molecule has 19 heavy (non-hydrogen) atoms. The Hall–Kier alpha value is -0.796. The fourth-order valence-electron chi connectivity index (χ4n) is 1.45. The van der Waals surface area contributed by atoms with Crippen molar-refractivity contribution in [3.63, 3.8) is 0 Å². The summed E-state index contributed by atoms with van der Waals surface area (Å²) in [5, 5.41) is 9.55. The monoisotopic (exact) mass is 329 g/mol. The van der Waals surface area contributed by atoms with Crippen LogP contribution in [0.25, 0.3) is 0 Å². The van der Waals surface area contributed by atoms with Crippen molar-refractivity contribution < 1.29 is 22.1 Å². The van der Waals surface area contributed by atoms with Crippen molar-refractivity contribution in [1.82, 2.24) is 0 Å². The van der Waals surface area contributed by atoms with Gasteiger partial charge in [-0.3, -0.25) is 4.99 Å². The number of halogens is 2. The number of rotatable bonds is 2. The van der Waals surface area contributed by atoms with Crippen molar-refractivity contribution in [3.8, 4) is 5.75 Å².